The normalized spacial score (nSPS) is 10.8. The Morgan fingerprint density at radius 2 is 1.64 bits per heavy atom. The van der Waals surface area contributed by atoms with Crippen molar-refractivity contribution in [2.24, 2.45) is 0 Å². The minimum absolute atomic E-state index is 0.195. The quantitative estimate of drug-likeness (QED) is 0.627. The van der Waals surface area contributed by atoms with E-state index in [1.807, 2.05) is 55.5 Å². The number of H-pyrrole nitrogens is 1. The summed E-state index contributed by atoms with van der Waals surface area (Å²) in [6.07, 6.45) is 3.45. The highest BCUT2D eigenvalue weighted by atomic mass is 16.1. The summed E-state index contributed by atoms with van der Waals surface area (Å²) in [6.45, 7) is 1.82. The molecular formula is C19H15N5O. The van der Waals surface area contributed by atoms with Crippen molar-refractivity contribution in [3.8, 4) is 28.5 Å². The van der Waals surface area contributed by atoms with Crippen molar-refractivity contribution in [2.75, 3.05) is 0 Å². The summed E-state index contributed by atoms with van der Waals surface area (Å²) in [5.41, 5.74) is 3.81. The molecule has 0 aliphatic heterocycles. The molecule has 4 aromatic rings. The predicted molar refractivity (Wildman–Crippen MR) is 95.4 cm³/mol. The lowest BCUT2D eigenvalue weighted by atomic mass is 10.1. The smallest absolute Gasteiger partial charge is 0.274 e. The van der Waals surface area contributed by atoms with Crippen LogP contribution in [0.5, 0.6) is 0 Å². The van der Waals surface area contributed by atoms with Crippen LogP contribution < -0.4 is 5.56 Å². The van der Waals surface area contributed by atoms with E-state index in [1.54, 1.807) is 12.4 Å². The molecule has 0 saturated carbocycles. The minimum atomic E-state index is -0.195. The SMILES string of the molecule is Cc1cc(=O)n(-c2nc(-c3ccccc3)cc(-c3cccnc3)n2)[nH]1. The van der Waals surface area contributed by atoms with Crippen LogP contribution in [-0.2, 0) is 0 Å². The Balaban J connectivity index is 1.95. The van der Waals surface area contributed by atoms with E-state index in [9.17, 15) is 4.79 Å². The van der Waals surface area contributed by atoms with E-state index in [2.05, 4.69) is 20.1 Å². The number of benzene rings is 1. The number of aryl methyl sites for hydroxylation is 1. The molecule has 0 radical (unpaired) electrons. The molecule has 0 fully saturated rings. The van der Waals surface area contributed by atoms with Gasteiger partial charge < -0.3 is 0 Å². The van der Waals surface area contributed by atoms with Crippen molar-refractivity contribution >= 4 is 0 Å². The Morgan fingerprint density at radius 1 is 0.920 bits per heavy atom. The van der Waals surface area contributed by atoms with Crippen LogP contribution in [0.2, 0.25) is 0 Å². The second-order valence-electron chi connectivity index (χ2n) is 5.66. The third-order valence-corrected chi connectivity index (χ3v) is 3.79. The van der Waals surface area contributed by atoms with Gasteiger partial charge >= 0.3 is 0 Å². The number of nitrogens with one attached hydrogen (secondary N) is 1. The Hall–Kier alpha value is -3.54. The molecular weight excluding hydrogens is 314 g/mol. The van der Waals surface area contributed by atoms with Gasteiger partial charge in [-0.05, 0) is 25.1 Å². The van der Waals surface area contributed by atoms with Gasteiger partial charge in [0.15, 0.2) is 0 Å². The van der Waals surface area contributed by atoms with Crippen molar-refractivity contribution in [3.05, 3.63) is 83.0 Å². The van der Waals surface area contributed by atoms with E-state index in [0.29, 0.717) is 11.6 Å². The van der Waals surface area contributed by atoms with Gasteiger partial charge in [0.2, 0.25) is 0 Å². The van der Waals surface area contributed by atoms with Gasteiger partial charge in [0.1, 0.15) is 0 Å². The van der Waals surface area contributed by atoms with Crippen molar-refractivity contribution in [1.29, 1.82) is 0 Å². The van der Waals surface area contributed by atoms with E-state index >= 15 is 0 Å². The van der Waals surface area contributed by atoms with Gasteiger partial charge in [-0.2, -0.15) is 4.68 Å². The van der Waals surface area contributed by atoms with Crippen LogP contribution in [0.3, 0.4) is 0 Å². The minimum Gasteiger partial charge on any atom is -0.293 e. The van der Waals surface area contributed by atoms with Crippen molar-refractivity contribution in [1.82, 2.24) is 24.7 Å². The maximum absolute atomic E-state index is 12.2. The van der Waals surface area contributed by atoms with Gasteiger partial charge in [-0.15, -0.1) is 0 Å². The Bertz CT molecular complexity index is 1010. The highest BCUT2D eigenvalue weighted by Gasteiger charge is 2.12. The molecule has 6 heteroatoms. The predicted octanol–water partition coefficient (Wildman–Crippen LogP) is 2.99. The molecule has 3 aromatic heterocycles. The molecule has 1 N–H and O–H groups in total. The second-order valence-corrected chi connectivity index (χ2v) is 5.66. The van der Waals surface area contributed by atoms with Crippen LogP contribution in [0.15, 0.2) is 71.8 Å². The highest BCUT2D eigenvalue weighted by molar-refractivity contribution is 5.68. The maximum Gasteiger partial charge on any atom is 0.274 e. The average molecular weight is 329 g/mol. The zero-order chi connectivity index (χ0) is 17.2. The molecule has 0 aliphatic carbocycles. The molecule has 3 heterocycles. The van der Waals surface area contributed by atoms with Crippen molar-refractivity contribution in [2.45, 2.75) is 6.92 Å². The zero-order valence-electron chi connectivity index (χ0n) is 13.5. The van der Waals surface area contributed by atoms with Gasteiger partial charge in [0, 0.05) is 35.3 Å². The van der Waals surface area contributed by atoms with Crippen molar-refractivity contribution in [3.63, 3.8) is 0 Å². The third kappa shape index (κ3) is 2.97. The number of nitrogens with zero attached hydrogens (tertiary/aromatic N) is 4. The number of hydrogen-bond donors (Lipinski definition) is 1. The summed E-state index contributed by atoms with van der Waals surface area (Å²) in [5, 5.41) is 2.98. The number of aromatic amines is 1. The van der Waals surface area contributed by atoms with E-state index in [0.717, 1.165) is 22.5 Å². The van der Waals surface area contributed by atoms with E-state index < -0.39 is 0 Å². The topological polar surface area (TPSA) is 76.5 Å². The maximum atomic E-state index is 12.2. The standard InChI is InChI=1S/C19H15N5O/c1-13-10-18(25)24(23-13)19-21-16(14-6-3-2-4-7-14)11-17(22-19)15-8-5-9-20-12-15/h2-12,23H,1H3. The van der Waals surface area contributed by atoms with Crippen LogP contribution >= 0.6 is 0 Å². The molecule has 0 unspecified atom stereocenters. The van der Waals surface area contributed by atoms with Crippen LogP contribution in [0.25, 0.3) is 28.5 Å². The first-order valence-corrected chi connectivity index (χ1v) is 7.85. The first-order chi connectivity index (χ1) is 12.2. The summed E-state index contributed by atoms with van der Waals surface area (Å²) >= 11 is 0. The van der Waals surface area contributed by atoms with Gasteiger partial charge in [-0.1, -0.05) is 30.3 Å². The average Bonchev–Trinajstić information content (AvgIpc) is 3.01. The molecule has 0 atom stereocenters. The molecule has 4 rings (SSSR count). The third-order valence-electron chi connectivity index (χ3n) is 3.79. The van der Waals surface area contributed by atoms with Gasteiger partial charge in [-0.3, -0.25) is 14.9 Å². The molecule has 0 aliphatic rings. The van der Waals surface area contributed by atoms with Crippen LogP contribution in [0.4, 0.5) is 0 Å². The van der Waals surface area contributed by atoms with E-state index in [1.165, 1.54) is 10.7 Å². The Morgan fingerprint density at radius 3 is 2.28 bits per heavy atom. The van der Waals surface area contributed by atoms with E-state index in [4.69, 9.17) is 0 Å². The van der Waals surface area contributed by atoms with Crippen LogP contribution in [-0.4, -0.2) is 24.7 Å². The summed E-state index contributed by atoms with van der Waals surface area (Å²) in [5.74, 6) is 0.304. The highest BCUT2D eigenvalue weighted by Crippen LogP contribution is 2.23. The lowest BCUT2D eigenvalue weighted by Crippen LogP contribution is -2.17. The lowest BCUT2D eigenvalue weighted by Gasteiger charge is -2.08. The molecule has 122 valence electrons. The van der Waals surface area contributed by atoms with Crippen molar-refractivity contribution < 1.29 is 0 Å². The number of hydrogen-bond acceptors (Lipinski definition) is 4. The van der Waals surface area contributed by atoms with Gasteiger partial charge in [0.25, 0.3) is 11.5 Å². The molecule has 0 amide bonds. The fourth-order valence-electron chi connectivity index (χ4n) is 2.62. The number of pyridine rings is 1. The largest absolute Gasteiger partial charge is 0.293 e. The first kappa shape index (κ1) is 15.0. The first-order valence-electron chi connectivity index (χ1n) is 7.85. The Kier molecular flexibility index (Phi) is 3.70. The molecule has 0 spiro atoms. The lowest BCUT2D eigenvalue weighted by molar-refractivity contribution is 0.777. The van der Waals surface area contributed by atoms with Gasteiger partial charge in [0.05, 0.1) is 11.4 Å². The fraction of sp³-hybridized carbons (Fsp3) is 0.0526. The van der Waals surface area contributed by atoms with Gasteiger partial charge in [-0.25, -0.2) is 9.97 Å². The second kappa shape index (κ2) is 6.16. The van der Waals surface area contributed by atoms with Crippen LogP contribution in [0.1, 0.15) is 5.69 Å². The molecule has 1 aromatic carbocycles. The summed E-state index contributed by atoms with van der Waals surface area (Å²) in [4.78, 5) is 25.5. The fourth-order valence-corrected chi connectivity index (χ4v) is 2.62. The summed E-state index contributed by atoms with van der Waals surface area (Å²) in [6, 6.07) is 17.0. The zero-order valence-corrected chi connectivity index (χ0v) is 13.5. The van der Waals surface area contributed by atoms with E-state index in [-0.39, 0.29) is 5.56 Å². The molecule has 0 saturated heterocycles. The summed E-state index contributed by atoms with van der Waals surface area (Å²) < 4.78 is 1.35. The Labute approximate surface area is 143 Å². The summed E-state index contributed by atoms with van der Waals surface area (Å²) in [7, 11) is 0. The monoisotopic (exact) mass is 329 g/mol. The molecule has 25 heavy (non-hydrogen) atoms. The number of rotatable bonds is 3. The number of aromatic nitrogens is 5. The van der Waals surface area contributed by atoms with Crippen LogP contribution in [0, 0.1) is 6.92 Å². The molecule has 6 nitrogen and oxygen atoms in total. The molecule has 0 bridgehead atoms.